The lowest BCUT2D eigenvalue weighted by Gasteiger charge is -2.21. The van der Waals surface area contributed by atoms with Crippen LogP contribution in [0, 0.1) is 18.3 Å². The van der Waals surface area contributed by atoms with Gasteiger partial charge in [0.05, 0.1) is 24.3 Å². The highest BCUT2D eigenvalue weighted by atomic mass is 35.5. The van der Waals surface area contributed by atoms with Crippen LogP contribution in [0.1, 0.15) is 40.9 Å². The Balaban J connectivity index is 1.60. The fraction of sp³-hybridized carbons (Fsp3) is 0.400. The molecule has 2 bridgehead atoms. The first-order valence-electron chi connectivity index (χ1n) is 8.85. The molecular formula is C20H20ClN3O2. The summed E-state index contributed by atoms with van der Waals surface area (Å²) in [6.07, 6.45) is 2.48. The molecule has 5 nitrogen and oxygen atoms in total. The minimum atomic E-state index is -0.311. The molecule has 6 heteroatoms. The zero-order valence-corrected chi connectivity index (χ0v) is 15.3. The third-order valence-corrected chi connectivity index (χ3v) is 6.01. The molecule has 2 fully saturated rings. The van der Waals surface area contributed by atoms with E-state index in [1.165, 1.54) is 0 Å². The minimum Gasteiger partial charge on any atom is -0.391 e. The Labute approximate surface area is 157 Å². The minimum absolute atomic E-state index is 0.0304. The number of aromatic nitrogens is 1. The van der Waals surface area contributed by atoms with Crippen LogP contribution in [-0.2, 0) is 0 Å². The molecule has 0 radical (unpaired) electrons. The number of nitrogens with zero attached hydrogens (tertiary/aromatic N) is 3. The van der Waals surface area contributed by atoms with Crippen LogP contribution in [-0.4, -0.2) is 45.1 Å². The van der Waals surface area contributed by atoms with Crippen molar-refractivity contribution in [3.63, 3.8) is 0 Å². The first-order valence-corrected chi connectivity index (χ1v) is 9.22. The zero-order chi connectivity index (χ0) is 18.4. The van der Waals surface area contributed by atoms with Gasteiger partial charge < -0.3 is 9.67 Å². The smallest absolute Gasteiger partial charge is 0.178 e. The number of hydrogen-bond acceptors (Lipinski definition) is 4. The predicted octanol–water partition coefficient (Wildman–Crippen LogP) is 3.09. The lowest BCUT2D eigenvalue weighted by Crippen LogP contribution is -2.36. The quantitative estimate of drug-likeness (QED) is 0.841. The Kier molecular flexibility index (Phi) is 4.36. The van der Waals surface area contributed by atoms with E-state index in [2.05, 4.69) is 11.0 Å². The Hall–Kier alpha value is -2.13. The van der Waals surface area contributed by atoms with Crippen molar-refractivity contribution >= 4 is 17.4 Å². The molecule has 0 saturated carbocycles. The number of nitriles is 1. The summed E-state index contributed by atoms with van der Waals surface area (Å²) in [7, 11) is 0. The Morgan fingerprint density at radius 2 is 2.08 bits per heavy atom. The second-order valence-corrected chi connectivity index (χ2v) is 7.54. The normalized spacial score (nSPS) is 24.8. The second-order valence-electron chi connectivity index (χ2n) is 7.16. The number of carbonyl (C=O) groups excluding carboxylic acids is 1. The molecular weight excluding hydrogens is 350 g/mol. The van der Waals surface area contributed by atoms with E-state index in [4.69, 9.17) is 16.9 Å². The van der Waals surface area contributed by atoms with Crippen molar-refractivity contribution < 1.29 is 9.90 Å². The summed E-state index contributed by atoms with van der Waals surface area (Å²) in [6, 6.07) is 11.3. The number of hydrogen-bond donors (Lipinski definition) is 1. The molecule has 0 amide bonds. The van der Waals surface area contributed by atoms with E-state index in [1.807, 2.05) is 23.6 Å². The number of aliphatic hydroxyl groups excluding tert-OH is 1. The molecule has 2 aliphatic heterocycles. The maximum absolute atomic E-state index is 12.9. The van der Waals surface area contributed by atoms with Gasteiger partial charge in [-0.2, -0.15) is 5.26 Å². The Bertz CT molecular complexity index is 897. The van der Waals surface area contributed by atoms with Crippen LogP contribution in [0.5, 0.6) is 0 Å². The van der Waals surface area contributed by atoms with Crippen molar-refractivity contribution in [1.29, 1.82) is 5.26 Å². The highest BCUT2D eigenvalue weighted by Crippen LogP contribution is 2.38. The molecule has 2 aliphatic rings. The van der Waals surface area contributed by atoms with Crippen molar-refractivity contribution in [2.75, 3.05) is 6.54 Å². The lowest BCUT2D eigenvalue weighted by molar-refractivity contribution is 0.0873. The summed E-state index contributed by atoms with van der Waals surface area (Å²) < 4.78 is 1.82. The maximum Gasteiger partial charge on any atom is 0.178 e. The summed E-state index contributed by atoms with van der Waals surface area (Å²) in [4.78, 5) is 15.1. The number of halogens is 1. The zero-order valence-electron chi connectivity index (χ0n) is 14.5. The number of benzene rings is 1. The first-order chi connectivity index (χ1) is 12.5. The fourth-order valence-corrected chi connectivity index (χ4v) is 4.75. The number of carbonyl (C=O) groups is 1. The van der Waals surface area contributed by atoms with E-state index in [0.29, 0.717) is 28.9 Å². The van der Waals surface area contributed by atoms with E-state index in [0.717, 1.165) is 30.6 Å². The van der Waals surface area contributed by atoms with Gasteiger partial charge in [0.25, 0.3) is 0 Å². The fourth-order valence-electron chi connectivity index (χ4n) is 4.42. The molecule has 2 saturated heterocycles. The molecule has 3 heterocycles. The van der Waals surface area contributed by atoms with Crippen LogP contribution in [0.15, 0.2) is 30.3 Å². The average Bonchev–Trinajstić information content (AvgIpc) is 3.25. The Morgan fingerprint density at radius 1 is 1.35 bits per heavy atom. The monoisotopic (exact) mass is 369 g/mol. The predicted molar refractivity (Wildman–Crippen MR) is 98.7 cm³/mol. The summed E-state index contributed by atoms with van der Waals surface area (Å²) in [5.41, 5.74) is 2.80. The average molecular weight is 370 g/mol. The van der Waals surface area contributed by atoms with Crippen molar-refractivity contribution in [1.82, 2.24) is 9.47 Å². The SMILES string of the molecule is Cc1c(C(=O)CN2C3CCC2[C@H](O)C3)cc(Cl)n1-c1ccc(C#N)cc1. The van der Waals surface area contributed by atoms with Crippen molar-refractivity contribution in [3.05, 3.63) is 52.3 Å². The first kappa shape index (κ1) is 17.3. The molecule has 26 heavy (non-hydrogen) atoms. The van der Waals surface area contributed by atoms with Gasteiger partial charge in [0, 0.05) is 29.0 Å². The molecule has 0 spiro atoms. The van der Waals surface area contributed by atoms with Gasteiger partial charge >= 0.3 is 0 Å². The maximum atomic E-state index is 12.9. The summed E-state index contributed by atoms with van der Waals surface area (Å²) in [5.74, 6) is 0.0304. The molecule has 134 valence electrons. The van der Waals surface area contributed by atoms with Crippen molar-refractivity contribution in [2.24, 2.45) is 0 Å². The van der Waals surface area contributed by atoms with Crippen LogP contribution in [0.25, 0.3) is 5.69 Å². The third kappa shape index (κ3) is 2.75. The highest BCUT2D eigenvalue weighted by Gasteiger charge is 2.46. The standard InChI is InChI=1S/C20H20ClN3O2/c1-12-16(19(26)11-23-15-6-7-17(23)18(25)8-15)9-20(21)24(12)14-4-2-13(10-22)3-5-14/h2-5,9,15,17-18,25H,6-8,11H2,1H3/t15?,17?,18-/m1/s1. The van der Waals surface area contributed by atoms with E-state index >= 15 is 0 Å². The van der Waals surface area contributed by atoms with Gasteiger partial charge in [-0.15, -0.1) is 0 Å². The highest BCUT2D eigenvalue weighted by molar-refractivity contribution is 6.30. The number of ketones is 1. The number of fused-ring (bicyclic) bond motifs is 2. The Morgan fingerprint density at radius 3 is 2.65 bits per heavy atom. The van der Waals surface area contributed by atoms with E-state index < -0.39 is 0 Å². The largest absolute Gasteiger partial charge is 0.391 e. The molecule has 2 unspecified atom stereocenters. The van der Waals surface area contributed by atoms with Gasteiger partial charge in [0.1, 0.15) is 5.15 Å². The van der Waals surface area contributed by atoms with Gasteiger partial charge in [-0.05, 0) is 56.5 Å². The van der Waals surface area contributed by atoms with Gasteiger partial charge in [0.2, 0.25) is 0 Å². The van der Waals surface area contributed by atoms with E-state index in [-0.39, 0.29) is 17.9 Å². The van der Waals surface area contributed by atoms with Gasteiger partial charge in [-0.3, -0.25) is 9.69 Å². The summed E-state index contributed by atoms with van der Waals surface area (Å²) >= 11 is 6.40. The number of Topliss-reactive ketones (excluding diaryl/α,β-unsaturated/α-hetero) is 1. The molecule has 0 aliphatic carbocycles. The number of rotatable bonds is 4. The molecule has 1 aromatic heterocycles. The number of aliphatic hydroxyl groups is 1. The van der Waals surface area contributed by atoms with Gasteiger partial charge in [-0.1, -0.05) is 11.6 Å². The van der Waals surface area contributed by atoms with Crippen LogP contribution in [0.3, 0.4) is 0 Å². The van der Waals surface area contributed by atoms with E-state index in [9.17, 15) is 9.90 Å². The van der Waals surface area contributed by atoms with Crippen LogP contribution >= 0.6 is 11.6 Å². The summed E-state index contributed by atoms with van der Waals surface area (Å²) in [6.45, 7) is 2.20. The molecule has 1 N–H and O–H groups in total. The molecule has 3 atom stereocenters. The van der Waals surface area contributed by atoms with Gasteiger partial charge in [0.15, 0.2) is 5.78 Å². The van der Waals surface area contributed by atoms with Crippen LogP contribution in [0.4, 0.5) is 0 Å². The van der Waals surface area contributed by atoms with Crippen molar-refractivity contribution in [2.45, 2.75) is 44.4 Å². The molecule has 1 aromatic carbocycles. The second kappa shape index (κ2) is 6.55. The molecule has 4 rings (SSSR count). The topological polar surface area (TPSA) is 69.3 Å². The van der Waals surface area contributed by atoms with Crippen LogP contribution < -0.4 is 0 Å². The van der Waals surface area contributed by atoms with Crippen LogP contribution in [0.2, 0.25) is 5.15 Å². The lowest BCUT2D eigenvalue weighted by atomic mass is 9.98. The third-order valence-electron chi connectivity index (χ3n) is 5.73. The summed E-state index contributed by atoms with van der Waals surface area (Å²) in [5, 5.41) is 19.5. The molecule has 2 aromatic rings. The van der Waals surface area contributed by atoms with Gasteiger partial charge in [-0.25, -0.2) is 0 Å². The van der Waals surface area contributed by atoms with Crippen molar-refractivity contribution in [3.8, 4) is 11.8 Å². The van der Waals surface area contributed by atoms with E-state index in [1.54, 1.807) is 18.2 Å².